The number of hydrogen-bond acceptors (Lipinski definition) is 3. The second-order valence-corrected chi connectivity index (χ2v) is 7.88. The molecule has 5 nitrogen and oxygen atoms in total. The van der Waals surface area contributed by atoms with Crippen LogP contribution in [0.5, 0.6) is 0 Å². The van der Waals surface area contributed by atoms with Gasteiger partial charge in [0.2, 0.25) is 5.71 Å². The number of alkyl halides is 3. The first-order valence-electron chi connectivity index (χ1n) is 8.94. The summed E-state index contributed by atoms with van der Waals surface area (Å²) < 4.78 is 39.6. The van der Waals surface area contributed by atoms with Crippen LogP contribution >= 0.6 is 23.2 Å². The Kier molecular flexibility index (Phi) is 5.95. The highest BCUT2D eigenvalue weighted by Gasteiger charge is 2.49. The van der Waals surface area contributed by atoms with E-state index in [-0.39, 0.29) is 33.2 Å². The zero-order chi connectivity index (χ0) is 22.3. The molecule has 0 spiro atoms. The normalized spacial score (nSPS) is 18.6. The highest BCUT2D eigenvalue weighted by atomic mass is 35.5. The van der Waals surface area contributed by atoms with E-state index in [0.717, 1.165) is 6.08 Å². The monoisotopic (exact) mass is 457 g/mol. The van der Waals surface area contributed by atoms with E-state index in [1.807, 2.05) is 0 Å². The number of halogens is 5. The van der Waals surface area contributed by atoms with E-state index in [0.29, 0.717) is 5.56 Å². The smallest absolute Gasteiger partial charge is 0.350 e. The summed E-state index contributed by atoms with van der Waals surface area (Å²) in [4.78, 5) is 17.1. The second-order valence-electron chi connectivity index (χ2n) is 7.04. The molecule has 1 amide bonds. The number of aryl methyl sites for hydroxylation is 1. The van der Waals surface area contributed by atoms with Crippen molar-refractivity contribution in [3.63, 3.8) is 0 Å². The summed E-state index contributed by atoms with van der Waals surface area (Å²) >= 11 is 12.5. The molecule has 158 valence electrons. The third-order valence-corrected chi connectivity index (χ3v) is 4.85. The Bertz CT molecular complexity index is 1070. The van der Waals surface area contributed by atoms with Gasteiger partial charge < -0.3 is 5.32 Å². The van der Waals surface area contributed by atoms with Gasteiger partial charge in [0.25, 0.3) is 11.7 Å². The van der Waals surface area contributed by atoms with Crippen molar-refractivity contribution < 1.29 is 18.0 Å². The summed E-state index contributed by atoms with van der Waals surface area (Å²) in [6.45, 7) is 5.17. The average molecular weight is 458 g/mol. The number of carbonyl (C=O) groups is 1. The predicted octanol–water partition coefficient (Wildman–Crippen LogP) is 5.92. The zero-order valence-electron chi connectivity index (χ0n) is 16.3. The first-order chi connectivity index (χ1) is 14.0. The molecule has 0 bridgehead atoms. The summed E-state index contributed by atoms with van der Waals surface area (Å²) in [5.41, 5.74) is -0.412. The van der Waals surface area contributed by atoms with Crippen molar-refractivity contribution in [1.82, 2.24) is 14.9 Å². The number of hydrogen-bond donors (Lipinski definition) is 1. The van der Waals surface area contributed by atoms with E-state index in [2.05, 4.69) is 15.4 Å². The summed E-state index contributed by atoms with van der Waals surface area (Å²) in [5, 5.41) is 7.06. The Balaban J connectivity index is 2.38. The molecule has 2 aromatic rings. The number of amides is 1. The average Bonchev–Trinajstić information content (AvgIpc) is 3.07. The van der Waals surface area contributed by atoms with Crippen LogP contribution in [0.1, 0.15) is 29.8 Å². The van der Waals surface area contributed by atoms with Gasteiger partial charge in [0.15, 0.2) is 5.69 Å². The minimum Gasteiger partial charge on any atom is -0.350 e. The molecule has 0 saturated heterocycles. The molecule has 10 heteroatoms. The van der Waals surface area contributed by atoms with Crippen LogP contribution < -0.4 is 9.91 Å². The predicted molar refractivity (Wildman–Crippen MR) is 112 cm³/mol. The molecule has 30 heavy (non-hydrogen) atoms. The lowest BCUT2D eigenvalue weighted by Gasteiger charge is -2.28. The molecule has 2 heterocycles. The molecule has 1 aliphatic rings. The summed E-state index contributed by atoms with van der Waals surface area (Å²) in [6, 6.07) is 5.79. The van der Waals surface area contributed by atoms with Crippen molar-refractivity contribution in [2.24, 2.45) is 5.10 Å². The molecule has 1 aromatic carbocycles. The third kappa shape index (κ3) is 4.08. The Morgan fingerprint density at radius 1 is 1.23 bits per heavy atom. The van der Waals surface area contributed by atoms with Crippen LogP contribution in [0.4, 0.5) is 24.7 Å². The van der Waals surface area contributed by atoms with Gasteiger partial charge >= 0.3 is 6.18 Å². The Morgan fingerprint density at radius 2 is 1.93 bits per heavy atom. The minimum atomic E-state index is -4.70. The fraction of sp³-hybridized carbons (Fsp3) is 0.250. The van der Waals surface area contributed by atoms with Crippen LogP contribution in [-0.4, -0.2) is 28.8 Å². The number of allylic oxidation sites excluding steroid dienone is 1. The number of pyridine rings is 1. The summed E-state index contributed by atoms with van der Waals surface area (Å²) in [7, 11) is 0. The number of aromatic nitrogens is 1. The van der Waals surface area contributed by atoms with Gasteiger partial charge in [0, 0.05) is 28.9 Å². The van der Waals surface area contributed by atoms with E-state index in [4.69, 9.17) is 23.2 Å². The number of quaternary nitrogens is 1. The highest BCUT2D eigenvalue weighted by Crippen LogP contribution is 2.46. The van der Waals surface area contributed by atoms with Crippen LogP contribution in [-0.2, 0) is 0 Å². The Labute approximate surface area is 181 Å². The van der Waals surface area contributed by atoms with Gasteiger partial charge in [-0.25, -0.2) is 4.98 Å². The Hall–Kier alpha value is -2.42. The zero-order valence-corrected chi connectivity index (χ0v) is 17.8. The molecule has 1 atom stereocenters. The second kappa shape index (κ2) is 8.02. The molecule has 1 aromatic heterocycles. The summed E-state index contributed by atoms with van der Waals surface area (Å²) in [5.74, 6) is -0.474. The molecule has 0 saturated carbocycles. The maximum Gasteiger partial charge on any atom is 0.438 e. The lowest BCUT2D eigenvalue weighted by molar-refractivity contribution is -0.0580. The lowest BCUT2D eigenvalue weighted by Crippen LogP contribution is -2.38. The molecule has 0 radical (unpaired) electrons. The quantitative estimate of drug-likeness (QED) is 0.579. The number of nitrogens with one attached hydrogen (secondary N) is 1. The van der Waals surface area contributed by atoms with Crippen LogP contribution in [0.3, 0.4) is 0 Å². The first-order valence-corrected chi connectivity index (χ1v) is 9.69. The van der Waals surface area contributed by atoms with Gasteiger partial charge in [-0.15, -0.1) is 0 Å². The SMILES string of the molecule is Cc1cc(Cl)cc(C(=O)NC(C)C)c1[N+]1(c2ncccc2Cl)C=CC(C(F)(F)F)=N1. The first kappa shape index (κ1) is 22.3. The lowest BCUT2D eigenvalue weighted by atomic mass is 10.0. The number of benzene rings is 1. The largest absolute Gasteiger partial charge is 0.438 e. The van der Waals surface area contributed by atoms with Gasteiger partial charge in [-0.2, -0.15) is 13.2 Å². The third-order valence-electron chi connectivity index (χ3n) is 4.34. The van der Waals surface area contributed by atoms with E-state index < -0.39 is 22.4 Å². The topological polar surface area (TPSA) is 54.4 Å². The van der Waals surface area contributed by atoms with Gasteiger partial charge in [-0.05, 0) is 45.0 Å². The van der Waals surface area contributed by atoms with Gasteiger partial charge in [-0.3, -0.25) is 4.79 Å². The van der Waals surface area contributed by atoms with Crippen LogP contribution in [0.15, 0.2) is 47.8 Å². The summed E-state index contributed by atoms with van der Waals surface area (Å²) in [6.07, 6.45) is -1.24. The van der Waals surface area contributed by atoms with E-state index in [1.54, 1.807) is 32.9 Å². The van der Waals surface area contributed by atoms with Crippen molar-refractivity contribution in [2.45, 2.75) is 33.0 Å². The fourth-order valence-corrected chi connectivity index (χ4v) is 3.77. The number of nitrogens with zero attached hydrogens (tertiary/aromatic N) is 3. The van der Waals surface area contributed by atoms with E-state index >= 15 is 0 Å². The molecular formula is C20H18Cl2F3N4O+. The van der Waals surface area contributed by atoms with E-state index in [9.17, 15) is 18.0 Å². The minimum absolute atomic E-state index is 0.0266. The standard InChI is InChI=1S/C20H17Cl2F3N4O/c1-11(2)27-19(30)14-10-13(21)9-12(3)17(14)29(18-15(22)5-4-7-26-18)8-6-16(28-29)20(23,24)25/h4-11H,1-3H3/p+1. The molecule has 0 aliphatic carbocycles. The van der Waals surface area contributed by atoms with Crippen molar-refractivity contribution in [2.75, 3.05) is 0 Å². The van der Waals surface area contributed by atoms with Crippen molar-refractivity contribution in [3.8, 4) is 0 Å². The fourth-order valence-electron chi connectivity index (χ4n) is 3.24. The number of carbonyl (C=O) groups excluding carboxylic acids is 1. The Morgan fingerprint density at radius 3 is 2.50 bits per heavy atom. The molecule has 1 unspecified atom stereocenters. The van der Waals surface area contributed by atoms with Crippen LogP contribution in [0, 0.1) is 6.92 Å². The van der Waals surface area contributed by atoms with Crippen LogP contribution in [0.25, 0.3) is 0 Å². The molecule has 1 aliphatic heterocycles. The molecule has 1 N–H and O–H groups in total. The maximum atomic E-state index is 13.5. The van der Waals surface area contributed by atoms with Crippen molar-refractivity contribution in [1.29, 1.82) is 0 Å². The number of rotatable bonds is 4. The molecule has 0 fully saturated rings. The van der Waals surface area contributed by atoms with Crippen molar-refractivity contribution in [3.05, 3.63) is 63.9 Å². The molecule has 3 rings (SSSR count). The van der Waals surface area contributed by atoms with Crippen LogP contribution in [0.2, 0.25) is 10.0 Å². The molecular weight excluding hydrogens is 440 g/mol. The van der Waals surface area contributed by atoms with Gasteiger partial charge in [0.1, 0.15) is 16.8 Å². The van der Waals surface area contributed by atoms with Gasteiger partial charge in [0.05, 0.1) is 0 Å². The van der Waals surface area contributed by atoms with E-state index in [1.165, 1.54) is 24.5 Å². The van der Waals surface area contributed by atoms with Gasteiger partial charge in [-0.1, -0.05) is 32.9 Å². The maximum absolute atomic E-state index is 13.5. The highest BCUT2D eigenvalue weighted by molar-refractivity contribution is 6.33. The van der Waals surface area contributed by atoms with Crippen molar-refractivity contribution >= 4 is 46.3 Å².